The second-order valence-electron chi connectivity index (χ2n) is 6.81. The number of carbonyl (C=O) groups is 2. The molecule has 1 saturated heterocycles. The number of halogens is 1. The second kappa shape index (κ2) is 7.29. The smallest absolute Gasteiger partial charge is 0.317 e. The molecule has 1 aromatic rings. The fourth-order valence-electron chi connectivity index (χ4n) is 3.54. The van der Waals surface area contributed by atoms with Gasteiger partial charge >= 0.3 is 12.0 Å². The molecule has 2 N–H and O–H groups in total. The number of hydrogen-bond donors (Lipinski definition) is 2. The molecule has 25 heavy (non-hydrogen) atoms. The van der Waals surface area contributed by atoms with Crippen LogP contribution in [0.3, 0.4) is 0 Å². The molecule has 0 spiro atoms. The van der Waals surface area contributed by atoms with Crippen molar-refractivity contribution in [1.29, 1.82) is 0 Å². The van der Waals surface area contributed by atoms with Gasteiger partial charge in [0.15, 0.2) is 11.6 Å². The molecule has 3 rings (SSSR count). The van der Waals surface area contributed by atoms with Crippen LogP contribution in [-0.2, 0) is 4.79 Å². The van der Waals surface area contributed by atoms with Crippen molar-refractivity contribution in [3.8, 4) is 5.75 Å². The Bertz CT molecular complexity index is 652. The van der Waals surface area contributed by atoms with Gasteiger partial charge in [-0.3, -0.25) is 4.79 Å². The fraction of sp³-hybridized carbons (Fsp3) is 0.556. The first-order chi connectivity index (χ1) is 12.0. The number of aliphatic carboxylic acids is 1. The third-order valence-electron chi connectivity index (χ3n) is 5.24. The van der Waals surface area contributed by atoms with Gasteiger partial charge in [-0.15, -0.1) is 0 Å². The summed E-state index contributed by atoms with van der Waals surface area (Å²) < 4.78 is 18.7. The average molecular weight is 350 g/mol. The summed E-state index contributed by atoms with van der Waals surface area (Å²) in [5, 5.41) is 12.0. The minimum atomic E-state index is -0.784. The van der Waals surface area contributed by atoms with Gasteiger partial charge < -0.3 is 20.1 Å². The van der Waals surface area contributed by atoms with Crippen LogP contribution >= 0.6 is 0 Å². The monoisotopic (exact) mass is 350 g/mol. The standard InChI is InChI=1S/C18H23FN2O4/c1-25-16-3-2-12(10-15(16)19)13-8-14(9-13)20-18(24)21-6-4-11(5-7-21)17(22)23/h2-3,10-11,13-14H,4-9H2,1H3,(H,20,24)(H,22,23). The zero-order valence-corrected chi connectivity index (χ0v) is 14.2. The number of nitrogens with zero attached hydrogens (tertiary/aromatic N) is 1. The number of benzene rings is 1. The molecule has 2 fully saturated rings. The Morgan fingerprint density at radius 1 is 1.28 bits per heavy atom. The maximum Gasteiger partial charge on any atom is 0.317 e. The Kier molecular flexibility index (Phi) is 5.11. The lowest BCUT2D eigenvalue weighted by Crippen LogP contribution is -2.51. The highest BCUT2D eigenvalue weighted by Gasteiger charge is 2.34. The van der Waals surface area contributed by atoms with Crippen LogP contribution in [0.4, 0.5) is 9.18 Å². The minimum absolute atomic E-state index is 0.0832. The van der Waals surface area contributed by atoms with Gasteiger partial charge in [-0.1, -0.05) is 6.07 Å². The van der Waals surface area contributed by atoms with Crippen molar-refractivity contribution >= 4 is 12.0 Å². The van der Waals surface area contributed by atoms with E-state index in [0.717, 1.165) is 18.4 Å². The zero-order chi connectivity index (χ0) is 18.0. The van der Waals surface area contributed by atoms with Crippen molar-refractivity contribution in [2.75, 3.05) is 20.2 Å². The molecule has 2 amide bonds. The van der Waals surface area contributed by atoms with Crippen molar-refractivity contribution < 1.29 is 23.8 Å². The highest BCUT2D eigenvalue weighted by atomic mass is 19.1. The molecular formula is C18H23FN2O4. The molecule has 1 saturated carbocycles. The lowest BCUT2D eigenvalue weighted by molar-refractivity contribution is -0.143. The summed E-state index contributed by atoms with van der Waals surface area (Å²) >= 11 is 0. The zero-order valence-electron chi connectivity index (χ0n) is 14.2. The van der Waals surface area contributed by atoms with Gasteiger partial charge in [-0.05, 0) is 49.3 Å². The predicted molar refractivity (Wildman–Crippen MR) is 89.2 cm³/mol. The van der Waals surface area contributed by atoms with E-state index < -0.39 is 5.97 Å². The highest BCUT2D eigenvalue weighted by Crippen LogP contribution is 2.38. The molecule has 1 heterocycles. The van der Waals surface area contributed by atoms with E-state index in [1.54, 1.807) is 11.0 Å². The number of piperidine rings is 1. The first-order valence-electron chi connectivity index (χ1n) is 8.59. The molecule has 0 aromatic heterocycles. The van der Waals surface area contributed by atoms with E-state index in [0.29, 0.717) is 25.9 Å². The summed E-state index contributed by atoms with van der Waals surface area (Å²) in [5.74, 6) is -1.02. The Balaban J connectivity index is 1.45. The quantitative estimate of drug-likeness (QED) is 0.875. The van der Waals surface area contributed by atoms with Crippen LogP contribution < -0.4 is 10.1 Å². The second-order valence-corrected chi connectivity index (χ2v) is 6.81. The highest BCUT2D eigenvalue weighted by molar-refractivity contribution is 5.75. The normalized spacial score (nSPS) is 23.7. The molecule has 0 unspecified atom stereocenters. The van der Waals surface area contributed by atoms with Gasteiger partial charge in [-0.25, -0.2) is 9.18 Å². The number of carboxylic acid groups (broad SMARTS) is 1. The molecule has 1 aliphatic carbocycles. The van der Waals surface area contributed by atoms with E-state index in [1.165, 1.54) is 13.2 Å². The minimum Gasteiger partial charge on any atom is -0.494 e. The number of rotatable bonds is 4. The van der Waals surface area contributed by atoms with E-state index in [-0.39, 0.29) is 35.5 Å². The van der Waals surface area contributed by atoms with E-state index in [1.807, 2.05) is 6.07 Å². The number of nitrogens with one attached hydrogen (secondary N) is 1. The number of ether oxygens (including phenoxy) is 1. The molecule has 7 heteroatoms. The van der Waals surface area contributed by atoms with Crippen LogP contribution in [-0.4, -0.2) is 48.2 Å². The maximum atomic E-state index is 13.8. The summed E-state index contributed by atoms with van der Waals surface area (Å²) in [6.07, 6.45) is 2.56. The average Bonchev–Trinajstić information content (AvgIpc) is 2.57. The first kappa shape index (κ1) is 17.5. The van der Waals surface area contributed by atoms with E-state index in [2.05, 4.69) is 5.32 Å². The van der Waals surface area contributed by atoms with Crippen molar-refractivity contribution in [2.45, 2.75) is 37.6 Å². The van der Waals surface area contributed by atoms with Gasteiger partial charge in [0.25, 0.3) is 0 Å². The van der Waals surface area contributed by atoms with Crippen LogP contribution in [0.1, 0.15) is 37.2 Å². The van der Waals surface area contributed by atoms with Crippen LogP contribution in [0.5, 0.6) is 5.75 Å². The van der Waals surface area contributed by atoms with Gasteiger partial charge in [0.1, 0.15) is 0 Å². The SMILES string of the molecule is COc1ccc(C2CC(NC(=O)N3CCC(C(=O)O)CC3)C2)cc1F. The van der Waals surface area contributed by atoms with Crippen LogP contribution in [0.25, 0.3) is 0 Å². The Morgan fingerprint density at radius 2 is 1.96 bits per heavy atom. The van der Waals surface area contributed by atoms with Crippen molar-refractivity contribution in [3.05, 3.63) is 29.6 Å². The molecule has 0 radical (unpaired) electrons. The van der Waals surface area contributed by atoms with E-state index >= 15 is 0 Å². The van der Waals surface area contributed by atoms with Crippen molar-refractivity contribution in [3.63, 3.8) is 0 Å². The van der Waals surface area contributed by atoms with Gasteiger partial charge in [0, 0.05) is 19.1 Å². The van der Waals surface area contributed by atoms with Gasteiger partial charge in [-0.2, -0.15) is 0 Å². The molecule has 0 atom stereocenters. The molecule has 136 valence electrons. The summed E-state index contributed by atoms with van der Waals surface area (Å²) in [6.45, 7) is 0.950. The molecular weight excluding hydrogens is 327 g/mol. The third kappa shape index (κ3) is 3.86. The molecule has 2 aliphatic rings. The van der Waals surface area contributed by atoms with Crippen molar-refractivity contribution in [1.82, 2.24) is 10.2 Å². The van der Waals surface area contributed by atoms with Crippen LogP contribution in [0.15, 0.2) is 18.2 Å². The first-order valence-corrected chi connectivity index (χ1v) is 8.59. The van der Waals surface area contributed by atoms with Gasteiger partial charge in [0.2, 0.25) is 0 Å². The summed E-state index contributed by atoms with van der Waals surface area (Å²) in [7, 11) is 1.44. The van der Waals surface area contributed by atoms with Crippen LogP contribution in [0, 0.1) is 11.7 Å². The topological polar surface area (TPSA) is 78.9 Å². The number of amides is 2. The molecule has 0 bridgehead atoms. The molecule has 1 aromatic carbocycles. The number of carbonyl (C=O) groups excluding carboxylic acids is 1. The number of hydrogen-bond acceptors (Lipinski definition) is 3. The Labute approximate surface area is 146 Å². The largest absolute Gasteiger partial charge is 0.494 e. The van der Waals surface area contributed by atoms with Crippen LogP contribution in [0.2, 0.25) is 0 Å². The van der Waals surface area contributed by atoms with Crippen molar-refractivity contribution in [2.24, 2.45) is 5.92 Å². The fourth-order valence-corrected chi connectivity index (χ4v) is 3.54. The molecule has 1 aliphatic heterocycles. The lowest BCUT2D eigenvalue weighted by Gasteiger charge is -2.38. The van der Waals surface area contributed by atoms with E-state index in [4.69, 9.17) is 9.84 Å². The Hall–Kier alpha value is -2.31. The summed E-state index contributed by atoms with van der Waals surface area (Å²) in [5.41, 5.74) is 0.922. The van der Waals surface area contributed by atoms with Gasteiger partial charge in [0.05, 0.1) is 13.0 Å². The maximum absolute atomic E-state index is 13.8. The summed E-state index contributed by atoms with van der Waals surface area (Å²) in [4.78, 5) is 24.9. The lowest BCUT2D eigenvalue weighted by atomic mass is 9.76. The van der Waals surface area contributed by atoms with E-state index in [9.17, 15) is 14.0 Å². The third-order valence-corrected chi connectivity index (χ3v) is 5.24. The Morgan fingerprint density at radius 3 is 2.52 bits per heavy atom. The number of likely N-dealkylation sites (tertiary alicyclic amines) is 1. The predicted octanol–water partition coefficient (Wildman–Crippen LogP) is 2.59. The number of urea groups is 1. The molecule has 6 nitrogen and oxygen atoms in total. The number of carboxylic acids is 1. The summed E-state index contributed by atoms with van der Waals surface area (Å²) in [6, 6.07) is 4.94. The number of methoxy groups -OCH3 is 1.